The lowest BCUT2D eigenvalue weighted by molar-refractivity contribution is 0.102. The van der Waals surface area contributed by atoms with Gasteiger partial charge in [0.1, 0.15) is 5.82 Å². The van der Waals surface area contributed by atoms with E-state index in [1.54, 1.807) is 30.9 Å². The second-order valence-electron chi connectivity index (χ2n) is 4.60. The minimum absolute atomic E-state index is 0.164. The molecule has 0 fully saturated rings. The van der Waals surface area contributed by atoms with E-state index in [9.17, 15) is 4.79 Å². The van der Waals surface area contributed by atoms with Gasteiger partial charge in [-0.1, -0.05) is 18.2 Å². The Balaban J connectivity index is 1.67. The van der Waals surface area contributed by atoms with Gasteiger partial charge in [-0.2, -0.15) is 0 Å². The number of nitrogens with zero attached hydrogens (tertiary/aromatic N) is 3. The number of amides is 1. The predicted octanol–water partition coefficient (Wildman–Crippen LogP) is 2.58. The fourth-order valence-electron chi connectivity index (χ4n) is 1.98. The van der Waals surface area contributed by atoms with Crippen molar-refractivity contribution in [2.45, 2.75) is 6.54 Å². The molecule has 0 radical (unpaired) electrons. The maximum Gasteiger partial charge on any atom is 0.256 e. The molecule has 0 saturated heterocycles. The van der Waals surface area contributed by atoms with Crippen molar-refractivity contribution in [3.05, 3.63) is 78.5 Å². The molecule has 0 aliphatic heterocycles. The van der Waals surface area contributed by atoms with Gasteiger partial charge in [0.2, 0.25) is 0 Å². The Morgan fingerprint density at radius 3 is 2.62 bits per heavy atom. The molecule has 104 valence electrons. The SMILES string of the molecule is O=C(Nc1ccccn1)c1ccc(Cn2ccnc2)cc1. The van der Waals surface area contributed by atoms with E-state index in [2.05, 4.69) is 15.3 Å². The summed E-state index contributed by atoms with van der Waals surface area (Å²) in [6.07, 6.45) is 7.06. The summed E-state index contributed by atoms with van der Waals surface area (Å²) in [5.41, 5.74) is 1.72. The first-order valence-corrected chi connectivity index (χ1v) is 6.58. The molecule has 2 heterocycles. The summed E-state index contributed by atoms with van der Waals surface area (Å²) < 4.78 is 1.98. The minimum atomic E-state index is -0.164. The zero-order valence-electron chi connectivity index (χ0n) is 11.3. The largest absolute Gasteiger partial charge is 0.333 e. The molecule has 3 aromatic rings. The van der Waals surface area contributed by atoms with Crippen LogP contribution in [-0.4, -0.2) is 20.4 Å². The number of carbonyl (C=O) groups excluding carboxylic acids is 1. The maximum atomic E-state index is 12.1. The molecule has 0 bridgehead atoms. The number of pyridine rings is 1. The Hall–Kier alpha value is -2.95. The van der Waals surface area contributed by atoms with Crippen molar-refractivity contribution in [2.24, 2.45) is 0 Å². The molecule has 0 saturated carbocycles. The van der Waals surface area contributed by atoms with Crippen molar-refractivity contribution >= 4 is 11.7 Å². The minimum Gasteiger partial charge on any atom is -0.333 e. The molecule has 1 aromatic carbocycles. The standard InChI is InChI=1S/C16H14N4O/c21-16(19-15-3-1-2-8-18-15)14-6-4-13(5-7-14)11-20-10-9-17-12-20/h1-10,12H,11H2,(H,18,19,21). The van der Waals surface area contributed by atoms with Crippen LogP contribution in [0.25, 0.3) is 0 Å². The Morgan fingerprint density at radius 2 is 1.95 bits per heavy atom. The molecule has 2 aromatic heterocycles. The molecule has 5 heteroatoms. The number of hydrogen-bond acceptors (Lipinski definition) is 3. The first-order chi connectivity index (χ1) is 10.3. The number of aromatic nitrogens is 3. The lowest BCUT2D eigenvalue weighted by Gasteiger charge is -2.06. The topological polar surface area (TPSA) is 59.8 Å². The van der Waals surface area contributed by atoms with Crippen LogP contribution in [0.2, 0.25) is 0 Å². The molecule has 21 heavy (non-hydrogen) atoms. The molecule has 5 nitrogen and oxygen atoms in total. The van der Waals surface area contributed by atoms with Crippen LogP contribution in [0.3, 0.4) is 0 Å². The molecule has 0 spiro atoms. The van der Waals surface area contributed by atoms with E-state index >= 15 is 0 Å². The predicted molar refractivity (Wildman–Crippen MR) is 80.0 cm³/mol. The third-order valence-electron chi connectivity index (χ3n) is 3.05. The third-order valence-corrected chi connectivity index (χ3v) is 3.05. The first-order valence-electron chi connectivity index (χ1n) is 6.58. The summed E-state index contributed by atoms with van der Waals surface area (Å²) in [5, 5.41) is 2.76. The lowest BCUT2D eigenvalue weighted by atomic mass is 10.1. The fraction of sp³-hybridized carbons (Fsp3) is 0.0625. The van der Waals surface area contributed by atoms with Crippen LogP contribution in [0.15, 0.2) is 67.4 Å². The van der Waals surface area contributed by atoms with Gasteiger partial charge in [-0.25, -0.2) is 9.97 Å². The first kappa shape index (κ1) is 13.1. The summed E-state index contributed by atoms with van der Waals surface area (Å²) in [6, 6.07) is 12.9. The van der Waals surface area contributed by atoms with Gasteiger partial charge in [-0.3, -0.25) is 4.79 Å². The highest BCUT2D eigenvalue weighted by molar-refractivity contribution is 6.03. The van der Waals surface area contributed by atoms with Gasteiger partial charge in [-0.05, 0) is 29.8 Å². The Kier molecular flexibility index (Phi) is 3.73. The van der Waals surface area contributed by atoms with Crippen LogP contribution < -0.4 is 5.32 Å². The van der Waals surface area contributed by atoms with Crippen molar-refractivity contribution in [3.8, 4) is 0 Å². The number of anilines is 1. The average Bonchev–Trinajstić information content (AvgIpc) is 3.02. The van der Waals surface area contributed by atoms with E-state index in [-0.39, 0.29) is 5.91 Å². The fourth-order valence-corrected chi connectivity index (χ4v) is 1.98. The van der Waals surface area contributed by atoms with E-state index in [1.807, 2.05) is 41.1 Å². The highest BCUT2D eigenvalue weighted by Crippen LogP contribution is 2.09. The van der Waals surface area contributed by atoms with Gasteiger partial charge < -0.3 is 9.88 Å². The van der Waals surface area contributed by atoms with E-state index in [1.165, 1.54) is 0 Å². The van der Waals surface area contributed by atoms with E-state index in [4.69, 9.17) is 0 Å². The van der Waals surface area contributed by atoms with Crippen LogP contribution in [0.4, 0.5) is 5.82 Å². The molecule has 0 aliphatic carbocycles. The summed E-state index contributed by atoms with van der Waals surface area (Å²) in [7, 11) is 0. The number of rotatable bonds is 4. The molecule has 1 N–H and O–H groups in total. The highest BCUT2D eigenvalue weighted by Gasteiger charge is 2.06. The van der Waals surface area contributed by atoms with Crippen molar-refractivity contribution in [3.63, 3.8) is 0 Å². The Labute approximate surface area is 122 Å². The molecular weight excluding hydrogens is 264 g/mol. The number of benzene rings is 1. The molecular formula is C16H14N4O. The third kappa shape index (κ3) is 3.33. The van der Waals surface area contributed by atoms with Gasteiger partial charge in [-0.15, -0.1) is 0 Å². The van der Waals surface area contributed by atoms with Crippen molar-refractivity contribution < 1.29 is 4.79 Å². The van der Waals surface area contributed by atoms with Crippen LogP contribution >= 0.6 is 0 Å². The van der Waals surface area contributed by atoms with Crippen molar-refractivity contribution in [1.82, 2.24) is 14.5 Å². The number of imidazole rings is 1. The second-order valence-corrected chi connectivity index (χ2v) is 4.60. The van der Waals surface area contributed by atoms with E-state index in [0.29, 0.717) is 11.4 Å². The van der Waals surface area contributed by atoms with Crippen LogP contribution in [-0.2, 0) is 6.54 Å². The molecule has 0 atom stereocenters. The Bertz CT molecular complexity index is 706. The number of hydrogen-bond donors (Lipinski definition) is 1. The van der Waals surface area contributed by atoms with Crippen LogP contribution in [0.1, 0.15) is 15.9 Å². The van der Waals surface area contributed by atoms with Crippen LogP contribution in [0.5, 0.6) is 0 Å². The number of nitrogens with one attached hydrogen (secondary N) is 1. The van der Waals surface area contributed by atoms with Gasteiger partial charge in [0.15, 0.2) is 0 Å². The zero-order valence-corrected chi connectivity index (χ0v) is 11.3. The smallest absolute Gasteiger partial charge is 0.256 e. The summed E-state index contributed by atoms with van der Waals surface area (Å²) in [6.45, 7) is 0.738. The summed E-state index contributed by atoms with van der Waals surface area (Å²) >= 11 is 0. The van der Waals surface area contributed by atoms with Gasteiger partial charge in [0.05, 0.1) is 6.33 Å². The van der Waals surface area contributed by atoms with Crippen molar-refractivity contribution in [1.29, 1.82) is 0 Å². The lowest BCUT2D eigenvalue weighted by Crippen LogP contribution is -2.12. The van der Waals surface area contributed by atoms with Gasteiger partial charge in [0, 0.05) is 30.7 Å². The van der Waals surface area contributed by atoms with Crippen LogP contribution in [0, 0.1) is 0 Å². The summed E-state index contributed by atoms with van der Waals surface area (Å²) in [5.74, 6) is 0.382. The van der Waals surface area contributed by atoms with E-state index < -0.39 is 0 Å². The van der Waals surface area contributed by atoms with Gasteiger partial charge in [0.25, 0.3) is 5.91 Å². The summed E-state index contributed by atoms with van der Waals surface area (Å²) in [4.78, 5) is 20.1. The molecule has 0 aliphatic rings. The normalized spacial score (nSPS) is 10.3. The number of carbonyl (C=O) groups is 1. The second kappa shape index (κ2) is 6.00. The molecule has 1 amide bonds. The van der Waals surface area contributed by atoms with E-state index in [0.717, 1.165) is 12.1 Å². The van der Waals surface area contributed by atoms with Crippen molar-refractivity contribution in [2.75, 3.05) is 5.32 Å². The zero-order chi connectivity index (χ0) is 14.5. The molecule has 3 rings (SSSR count). The Morgan fingerprint density at radius 1 is 1.10 bits per heavy atom. The maximum absolute atomic E-state index is 12.1. The highest BCUT2D eigenvalue weighted by atomic mass is 16.1. The monoisotopic (exact) mass is 278 g/mol. The quantitative estimate of drug-likeness (QED) is 0.798. The molecule has 0 unspecified atom stereocenters. The van der Waals surface area contributed by atoms with Gasteiger partial charge >= 0.3 is 0 Å². The average molecular weight is 278 g/mol.